The van der Waals surface area contributed by atoms with E-state index in [0.717, 1.165) is 24.1 Å². The zero-order chi connectivity index (χ0) is 17.4. The van der Waals surface area contributed by atoms with Gasteiger partial charge >= 0.3 is 0 Å². The molecular formula is C21H19FN2O. The summed E-state index contributed by atoms with van der Waals surface area (Å²) in [7, 11) is 1.91. The van der Waals surface area contributed by atoms with Gasteiger partial charge in [0, 0.05) is 30.4 Å². The van der Waals surface area contributed by atoms with Crippen LogP contribution in [0.4, 0.5) is 4.39 Å². The number of carbonyl (C=O) groups excluding carboxylic acids is 1. The zero-order valence-electron chi connectivity index (χ0n) is 14.1. The summed E-state index contributed by atoms with van der Waals surface area (Å²) in [6.07, 6.45) is 5.08. The van der Waals surface area contributed by atoms with Crippen LogP contribution >= 0.6 is 0 Å². The number of hydrogen-bond donors (Lipinski definition) is 0. The third kappa shape index (κ3) is 2.91. The molecule has 2 heterocycles. The van der Waals surface area contributed by atoms with Gasteiger partial charge < -0.3 is 4.90 Å². The Hall–Kier alpha value is -2.67. The summed E-state index contributed by atoms with van der Waals surface area (Å²) >= 11 is 0. The number of rotatable bonds is 1. The number of aromatic nitrogens is 1. The van der Waals surface area contributed by atoms with Crippen molar-refractivity contribution in [1.82, 2.24) is 9.88 Å². The first-order valence-corrected chi connectivity index (χ1v) is 8.64. The summed E-state index contributed by atoms with van der Waals surface area (Å²) in [6.45, 7) is 0. The average Bonchev–Trinajstić information content (AvgIpc) is 3.17. The van der Waals surface area contributed by atoms with Crippen LogP contribution in [0.2, 0.25) is 0 Å². The zero-order valence-corrected chi connectivity index (χ0v) is 14.1. The molecule has 0 radical (unpaired) electrons. The first kappa shape index (κ1) is 15.8. The summed E-state index contributed by atoms with van der Waals surface area (Å²) in [5, 5.41) is 0. The minimum absolute atomic E-state index is 0.122. The minimum Gasteiger partial charge on any atom is -0.342 e. The van der Waals surface area contributed by atoms with Crippen LogP contribution < -0.4 is 0 Å². The molecule has 4 rings (SSSR count). The van der Waals surface area contributed by atoms with Crippen molar-refractivity contribution < 1.29 is 9.18 Å². The number of nitrogens with zero attached hydrogens (tertiary/aromatic N) is 2. The summed E-state index contributed by atoms with van der Waals surface area (Å²) in [5.74, 6) is 6.08. The van der Waals surface area contributed by atoms with Crippen LogP contribution in [0, 0.1) is 23.6 Å². The monoisotopic (exact) mass is 334 g/mol. The molecule has 2 fully saturated rings. The molecule has 2 aromatic rings. The highest BCUT2D eigenvalue weighted by Gasteiger charge is 2.49. The number of benzene rings is 1. The second-order valence-electron chi connectivity index (χ2n) is 6.82. The van der Waals surface area contributed by atoms with Crippen LogP contribution in [0.3, 0.4) is 0 Å². The van der Waals surface area contributed by atoms with Crippen LogP contribution in [0.25, 0.3) is 0 Å². The van der Waals surface area contributed by atoms with Crippen molar-refractivity contribution in [1.29, 1.82) is 0 Å². The van der Waals surface area contributed by atoms with Crippen molar-refractivity contribution in [2.45, 2.75) is 31.2 Å². The van der Waals surface area contributed by atoms with Gasteiger partial charge in [-0.2, -0.15) is 0 Å². The Morgan fingerprint density at radius 1 is 1.16 bits per heavy atom. The Kier molecular flexibility index (Phi) is 4.01. The van der Waals surface area contributed by atoms with E-state index in [2.05, 4.69) is 16.8 Å². The molecule has 1 aliphatic heterocycles. The van der Waals surface area contributed by atoms with Gasteiger partial charge in [-0.25, -0.2) is 4.39 Å². The first-order valence-electron chi connectivity index (χ1n) is 8.64. The second kappa shape index (κ2) is 6.33. The van der Waals surface area contributed by atoms with Crippen molar-refractivity contribution >= 4 is 5.91 Å². The predicted molar refractivity (Wildman–Crippen MR) is 93.3 cm³/mol. The fraction of sp³-hybridized carbons (Fsp3) is 0.333. The lowest BCUT2D eigenvalue weighted by molar-refractivity contribution is -0.129. The molecule has 1 aliphatic carbocycles. The van der Waals surface area contributed by atoms with Crippen LogP contribution in [-0.2, 0) is 4.79 Å². The van der Waals surface area contributed by atoms with E-state index in [4.69, 9.17) is 0 Å². The van der Waals surface area contributed by atoms with Crippen LogP contribution in [0.15, 0.2) is 42.6 Å². The molecule has 0 N–H and O–H groups in total. The Morgan fingerprint density at radius 3 is 2.76 bits per heavy atom. The van der Waals surface area contributed by atoms with Gasteiger partial charge in [-0.05, 0) is 49.1 Å². The smallest absolute Gasteiger partial charge is 0.232 e. The molecule has 0 unspecified atom stereocenters. The van der Waals surface area contributed by atoms with E-state index in [1.54, 1.807) is 18.3 Å². The predicted octanol–water partition coefficient (Wildman–Crippen LogP) is 3.34. The number of likely N-dealkylation sites (N-methyl/N-ethyl adjacent to an activating group) is 1. The van der Waals surface area contributed by atoms with Crippen LogP contribution in [0.5, 0.6) is 0 Å². The van der Waals surface area contributed by atoms with Crippen molar-refractivity contribution in [3.05, 3.63) is 65.2 Å². The molecule has 0 bridgehead atoms. The second-order valence-corrected chi connectivity index (χ2v) is 6.82. The summed E-state index contributed by atoms with van der Waals surface area (Å²) in [5.41, 5.74) is 2.22. The molecule has 0 spiro atoms. The molecule has 3 nitrogen and oxygen atoms in total. The molecule has 3 atom stereocenters. The van der Waals surface area contributed by atoms with Gasteiger partial charge in [-0.3, -0.25) is 9.78 Å². The Morgan fingerprint density at radius 2 is 2.00 bits per heavy atom. The normalized spacial score (nSPS) is 24.8. The van der Waals surface area contributed by atoms with Gasteiger partial charge in [-0.1, -0.05) is 24.3 Å². The molecule has 1 aromatic carbocycles. The highest BCUT2D eigenvalue weighted by atomic mass is 19.1. The SMILES string of the molecule is CN1C(=O)[C@@H](c2ccc(C#Cc3cccc(F)c3)cn2)[C@@H]2CCC[C@@H]21. The fourth-order valence-electron chi connectivity index (χ4n) is 4.12. The third-order valence-electron chi connectivity index (χ3n) is 5.35. The van der Waals surface area contributed by atoms with E-state index in [1.165, 1.54) is 18.6 Å². The highest BCUT2D eigenvalue weighted by Crippen LogP contribution is 2.45. The summed E-state index contributed by atoms with van der Waals surface area (Å²) in [4.78, 5) is 19.0. The molecule has 1 aromatic heterocycles. The number of fused-ring (bicyclic) bond motifs is 1. The maximum Gasteiger partial charge on any atom is 0.232 e. The van der Waals surface area contributed by atoms with Gasteiger partial charge in [0.05, 0.1) is 11.6 Å². The van der Waals surface area contributed by atoms with E-state index in [-0.39, 0.29) is 17.6 Å². The van der Waals surface area contributed by atoms with Crippen LogP contribution in [0.1, 0.15) is 42.0 Å². The van der Waals surface area contributed by atoms with Gasteiger partial charge in [0.1, 0.15) is 5.82 Å². The topological polar surface area (TPSA) is 33.2 Å². The number of hydrogen-bond acceptors (Lipinski definition) is 2. The molecule has 126 valence electrons. The number of carbonyl (C=O) groups is 1. The Balaban J connectivity index is 1.56. The first-order chi connectivity index (χ1) is 12.1. The van der Waals surface area contributed by atoms with Crippen molar-refractivity contribution in [2.24, 2.45) is 5.92 Å². The molecule has 2 aliphatic rings. The van der Waals surface area contributed by atoms with E-state index in [0.29, 0.717) is 17.5 Å². The number of pyridine rings is 1. The lowest BCUT2D eigenvalue weighted by atomic mass is 9.89. The lowest BCUT2D eigenvalue weighted by Crippen LogP contribution is -2.29. The van der Waals surface area contributed by atoms with E-state index < -0.39 is 0 Å². The standard InChI is InChI=1S/C21H19FN2O/c1-24-19-7-3-6-17(19)20(21(24)25)18-11-10-15(13-23-18)9-8-14-4-2-5-16(22)12-14/h2,4-5,10-13,17,19-20H,3,6-7H2,1H3/t17-,19+,20-/m1/s1. The van der Waals surface area contributed by atoms with Gasteiger partial charge in [0.15, 0.2) is 0 Å². The van der Waals surface area contributed by atoms with Crippen LogP contribution in [-0.4, -0.2) is 28.9 Å². The molecule has 1 saturated heterocycles. The Labute approximate surface area is 146 Å². The van der Waals surface area contributed by atoms with E-state index in [1.807, 2.05) is 24.1 Å². The van der Waals surface area contributed by atoms with Gasteiger partial charge in [-0.15, -0.1) is 0 Å². The van der Waals surface area contributed by atoms with E-state index in [9.17, 15) is 9.18 Å². The maximum atomic E-state index is 13.2. The molecule has 1 saturated carbocycles. The van der Waals surface area contributed by atoms with Gasteiger partial charge in [0.2, 0.25) is 5.91 Å². The largest absolute Gasteiger partial charge is 0.342 e. The highest BCUT2D eigenvalue weighted by molar-refractivity contribution is 5.86. The van der Waals surface area contributed by atoms with Crippen molar-refractivity contribution in [2.75, 3.05) is 7.05 Å². The van der Waals surface area contributed by atoms with Crippen molar-refractivity contribution in [3.8, 4) is 11.8 Å². The molecule has 4 heteroatoms. The van der Waals surface area contributed by atoms with Crippen molar-refractivity contribution in [3.63, 3.8) is 0 Å². The summed E-state index contributed by atoms with van der Waals surface area (Å²) in [6, 6.07) is 10.4. The number of likely N-dealkylation sites (tertiary alicyclic amines) is 1. The summed E-state index contributed by atoms with van der Waals surface area (Å²) < 4.78 is 13.2. The molecule has 1 amide bonds. The minimum atomic E-state index is -0.296. The Bertz CT molecular complexity index is 865. The number of halogens is 1. The third-order valence-corrected chi connectivity index (χ3v) is 5.35. The molecule has 25 heavy (non-hydrogen) atoms. The van der Waals surface area contributed by atoms with Gasteiger partial charge in [0.25, 0.3) is 0 Å². The number of amides is 1. The fourth-order valence-corrected chi connectivity index (χ4v) is 4.12. The van der Waals surface area contributed by atoms with E-state index >= 15 is 0 Å². The average molecular weight is 334 g/mol. The maximum absolute atomic E-state index is 13.2. The quantitative estimate of drug-likeness (QED) is 0.750. The molecular weight excluding hydrogens is 315 g/mol. The lowest BCUT2D eigenvalue weighted by Gasteiger charge is -2.17.